The van der Waals surface area contributed by atoms with E-state index in [1.54, 1.807) is 9.80 Å². The second-order valence-electron chi connectivity index (χ2n) is 6.51. The summed E-state index contributed by atoms with van der Waals surface area (Å²) in [5.41, 5.74) is 0.929. The van der Waals surface area contributed by atoms with E-state index in [2.05, 4.69) is 0 Å². The second-order valence-corrected chi connectivity index (χ2v) is 6.51. The molecule has 2 heterocycles. The number of nitrogens with zero attached hydrogens (tertiary/aromatic N) is 2. The van der Waals surface area contributed by atoms with Crippen molar-refractivity contribution in [1.82, 2.24) is 9.80 Å². The quantitative estimate of drug-likeness (QED) is 0.910. The minimum atomic E-state index is -0.425. The van der Waals surface area contributed by atoms with Gasteiger partial charge in [-0.1, -0.05) is 30.3 Å². The first-order valence-corrected chi connectivity index (χ1v) is 8.56. The van der Waals surface area contributed by atoms with Crippen LogP contribution in [0, 0.1) is 5.92 Å². The smallest absolute Gasteiger partial charge is 0.410 e. The normalized spacial score (nSPS) is 23.5. The number of carbonyl (C=O) groups excluding carboxylic acids is 2. The highest BCUT2D eigenvalue weighted by atomic mass is 16.6. The van der Waals surface area contributed by atoms with E-state index < -0.39 is 12.1 Å². The number of carbonyl (C=O) groups is 2. The van der Waals surface area contributed by atoms with Gasteiger partial charge in [0.2, 0.25) is 5.91 Å². The van der Waals surface area contributed by atoms with Crippen molar-refractivity contribution < 1.29 is 19.4 Å². The number of benzene rings is 1. The standard InChI is InChI=1S/C18H24N2O4/c21-12-15-8-10-19(11-15)17(22)16-7-4-9-20(16)18(23)24-13-14-5-2-1-3-6-14/h1-3,5-6,15-16,21H,4,7-13H2/t15?,16-/m0/s1. The fraction of sp³-hybridized carbons (Fsp3) is 0.556. The molecule has 1 N–H and O–H groups in total. The first-order chi connectivity index (χ1) is 11.7. The van der Waals surface area contributed by atoms with Gasteiger partial charge in [-0.25, -0.2) is 4.79 Å². The van der Waals surface area contributed by atoms with E-state index in [0.29, 0.717) is 26.1 Å². The molecule has 2 saturated heterocycles. The van der Waals surface area contributed by atoms with Gasteiger partial charge in [-0.2, -0.15) is 0 Å². The van der Waals surface area contributed by atoms with Gasteiger partial charge in [-0.3, -0.25) is 9.69 Å². The summed E-state index contributed by atoms with van der Waals surface area (Å²) in [5.74, 6) is 0.147. The number of ether oxygens (including phenoxy) is 1. The van der Waals surface area contributed by atoms with Gasteiger partial charge >= 0.3 is 6.09 Å². The molecular formula is C18H24N2O4. The van der Waals surface area contributed by atoms with Crippen molar-refractivity contribution in [3.05, 3.63) is 35.9 Å². The highest BCUT2D eigenvalue weighted by molar-refractivity contribution is 5.86. The number of rotatable bonds is 4. The van der Waals surface area contributed by atoms with Crippen LogP contribution in [0.1, 0.15) is 24.8 Å². The molecule has 0 bridgehead atoms. The molecule has 0 saturated carbocycles. The second kappa shape index (κ2) is 7.66. The van der Waals surface area contributed by atoms with Gasteiger partial charge in [-0.15, -0.1) is 0 Å². The van der Waals surface area contributed by atoms with Crippen LogP contribution in [-0.2, 0) is 16.1 Å². The van der Waals surface area contributed by atoms with Gasteiger partial charge in [0.05, 0.1) is 0 Å². The third-order valence-electron chi connectivity index (χ3n) is 4.83. The Kier molecular flexibility index (Phi) is 5.35. The van der Waals surface area contributed by atoms with Gasteiger partial charge in [0.15, 0.2) is 0 Å². The SMILES string of the molecule is O=C([C@@H]1CCCN1C(=O)OCc1ccccc1)N1CCC(CO)C1. The Balaban J connectivity index is 1.56. The topological polar surface area (TPSA) is 70.1 Å². The number of aliphatic hydroxyl groups is 1. The maximum atomic E-state index is 12.7. The molecule has 1 aromatic carbocycles. The largest absolute Gasteiger partial charge is 0.445 e. The summed E-state index contributed by atoms with van der Waals surface area (Å²) >= 11 is 0. The van der Waals surface area contributed by atoms with Crippen LogP contribution >= 0.6 is 0 Å². The van der Waals surface area contributed by atoms with Crippen molar-refractivity contribution >= 4 is 12.0 Å². The summed E-state index contributed by atoms with van der Waals surface area (Å²) in [5, 5.41) is 9.23. The van der Waals surface area contributed by atoms with Crippen LogP contribution in [0.5, 0.6) is 0 Å². The minimum absolute atomic E-state index is 0.0138. The number of aliphatic hydroxyl groups excluding tert-OH is 1. The molecule has 1 unspecified atom stereocenters. The van der Waals surface area contributed by atoms with Crippen molar-refractivity contribution in [3.8, 4) is 0 Å². The van der Waals surface area contributed by atoms with E-state index in [-0.39, 0.29) is 25.0 Å². The molecule has 24 heavy (non-hydrogen) atoms. The maximum absolute atomic E-state index is 12.7. The molecule has 2 aliphatic rings. The lowest BCUT2D eigenvalue weighted by atomic mass is 10.1. The zero-order valence-electron chi connectivity index (χ0n) is 13.8. The van der Waals surface area contributed by atoms with Gasteiger partial charge in [0.25, 0.3) is 0 Å². The van der Waals surface area contributed by atoms with Crippen LogP contribution in [0.4, 0.5) is 4.79 Å². The molecule has 2 aliphatic heterocycles. The van der Waals surface area contributed by atoms with Crippen molar-refractivity contribution in [1.29, 1.82) is 0 Å². The summed E-state index contributed by atoms with van der Waals surface area (Å²) in [6.45, 7) is 2.12. The number of likely N-dealkylation sites (tertiary alicyclic amines) is 2. The van der Waals surface area contributed by atoms with Crippen LogP contribution in [0.25, 0.3) is 0 Å². The third-order valence-corrected chi connectivity index (χ3v) is 4.83. The highest BCUT2D eigenvalue weighted by Crippen LogP contribution is 2.24. The molecule has 2 amide bonds. The molecule has 0 aromatic heterocycles. The molecule has 3 rings (SSSR count). The molecular weight excluding hydrogens is 308 g/mol. The zero-order valence-corrected chi connectivity index (χ0v) is 13.8. The summed E-state index contributed by atoms with van der Waals surface area (Å²) < 4.78 is 5.37. The van der Waals surface area contributed by atoms with E-state index in [4.69, 9.17) is 4.74 Å². The monoisotopic (exact) mass is 332 g/mol. The zero-order chi connectivity index (χ0) is 16.9. The molecule has 0 spiro atoms. The average Bonchev–Trinajstić information content (AvgIpc) is 3.29. The number of hydrogen-bond donors (Lipinski definition) is 1. The van der Waals surface area contributed by atoms with E-state index >= 15 is 0 Å². The minimum Gasteiger partial charge on any atom is -0.445 e. The Labute approximate surface area is 142 Å². The van der Waals surface area contributed by atoms with Crippen LogP contribution in [-0.4, -0.2) is 59.2 Å². The molecule has 1 aromatic rings. The lowest BCUT2D eigenvalue weighted by molar-refractivity contribution is -0.134. The van der Waals surface area contributed by atoms with Crippen LogP contribution < -0.4 is 0 Å². The summed E-state index contributed by atoms with van der Waals surface area (Å²) in [4.78, 5) is 28.4. The van der Waals surface area contributed by atoms with E-state index in [0.717, 1.165) is 18.4 Å². The fourth-order valence-corrected chi connectivity index (χ4v) is 3.44. The first-order valence-electron chi connectivity index (χ1n) is 8.56. The Morgan fingerprint density at radius 2 is 1.96 bits per heavy atom. The van der Waals surface area contributed by atoms with Gasteiger partial charge in [0.1, 0.15) is 12.6 Å². The first kappa shape index (κ1) is 16.8. The number of hydrogen-bond acceptors (Lipinski definition) is 4. The molecule has 0 aliphatic carbocycles. The van der Waals surface area contributed by atoms with Crippen molar-refractivity contribution in [2.24, 2.45) is 5.92 Å². The highest BCUT2D eigenvalue weighted by Gasteiger charge is 2.39. The van der Waals surface area contributed by atoms with E-state index in [1.807, 2.05) is 30.3 Å². The van der Waals surface area contributed by atoms with Crippen molar-refractivity contribution in [3.63, 3.8) is 0 Å². The van der Waals surface area contributed by atoms with E-state index in [9.17, 15) is 14.7 Å². The van der Waals surface area contributed by atoms with Gasteiger partial charge in [0, 0.05) is 32.2 Å². The molecule has 2 atom stereocenters. The van der Waals surface area contributed by atoms with Crippen LogP contribution in [0.3, 0.4) is 0 Å². The molecule has 6 heteroatoms. The van der Waals surface area contributed by atoms with Crippen molar-refractivity contribution in [2.45, 2.75) is 31.9 Å². The Morgan fingerprint density at radius 3 is 2.67 bits per heavy atom. The molecule has 2 fully saturated rings. The third kappa shape index (κ3) is 3.70. The number of amides is 2. The van der Waals surface area contributed by atoms with Gasteiger partial charge < -0.3 is 14.7 Å². The molecule has 130 valence electrons. The Morgan fingerprint density at radius 1 is 1.17 bits per heavy atom. The predicted octanol–water partition coefficient (Wildman–Crippen LogP) is 1.63. The predicted molar refractivity (Wildman–Crippen MR) is 88.1 cm³/mol. The molecule has 0 radical (unpaired) electrons. The van der Waals surface area contributed by atoms with Crippen LogP contribution in [0.15, 0.2) is 30.3 Å². The summed E-state index contributed by atoms with van der Waals surface area (Å²) in [6, 6.07) is 9.09. The summed E-state index contributed by atoms with van der Waals surface area (Å²) in [6.07, 6.45) is 1.90. The lowest BCUT2D eigenvalue weighted by Gasteiger charge is -2.27. The Bertz CT molecular complexity index is 578. The summed E-state index contributed by atoms with van der Waals surface area (Å²) in [7, 11) is 0. The van der Waals surface area contributed by atoms with Crippen molar-refractivity contribution in [2.75, 3.05) is 26.2 Å². The molecule has 6 nitrogen and oxygen atoms in total. The van der Waals surface area contributed by atoms with Gasteiger partial charge in [-0.05, 0) is 24.8 Å². The average molecular weight is 332 g/mol. The fourth-order valence-electron chi connectivity index (χ4n) is 3.44. The Hall–Kier alpha value is -2.08. The maximum Gasteiger partial charge on any atom is 0.410 e. The lowest BCUT2D eigenvalue weighted by Crippen LogP contribution is -2.47. The van der Waals surface area contributed by atoms with Crippen LogP contribution in [0.2, 0.25) is 0 Å². The van der Waals surface area contributed by atoms with E-state index in [1.165, 1.54) is 0 Å².